The third-order valence-corrected chi connectivity index (χ3v) is 13.3. The molecule has 0 rings (SSSR count). The van der Waals surface area contributed by atoms with Gasteiger partial charge in [-0.3, -0.25) is 14.4 Å². The van der Waals surface area contributed by atoms with Crippen molar-refractivity contribution in [2.24, 2.45) is 0 Å². The first-order valence-corrected chi connectivity index (χ1v) is 31.2. The van der Waals surface area contributed by atoms with Crippen LogP contribution >= 0.6 is 0 Å². The highest BCUT2D eigenvalue weighted by Crippen LogP contribution is 2.15. The molecule has 0 aliphatic rings. The van der Waals surface area contributed by atoms with E-state index in [1.165, 1.54) is 148 Å². The first-order valence-electron chi connectivity index (χ1n) is 31.2. The molecule has 0 saturated heterocycles. The van der Waals surface area contributed by atoms with E-state index in [2.05, 4.69) is 118 Å². The molecule has 1 unspecified atom stereocenters. The van der Waals surface area contributed by atoms with Crippen LogP contribution in [0.3, 0.4) is 0 Å². The van der Waals surface area contributed by atoms with E-state index in [1.54, 1.807) is 0 Å². The summed E-state index contributed by atoms with van der Waals surface area (Å²) >= 11 is 0. The Balaban J connectivity index is 4.45. The standard InChI is InChI=1S/C68H116O6/c1-4-7-10-13-16-19-22-25-28-31-33-34-36-37-40-43-46-49-52-55-58-61-67(70)73-64-65(63-72-66(69)60-57-54-51-48-45-42-39-30-27-24-21-18-15-12-9-6-3)74-68(71)62-59-56-53-50-47-44-41-38-35-32-29-26-23-20-17-14-11-8-5-2/h8,11,17,20,22,25-26,29-31,33,35,38-39,44,47,65H,4-7,9-10,12-16,18-19,21,23-24,27-28,32,34,36-37,40-43,45-46,48-64H2,1-3H3/b11-8-,20-17-,25-22-,29-26-,33-31-,38-35-,39-30-,47-44-. The van der Waals surface area contributed by atoms with Crippen molar-refractivity contribution in [1.82, 2.24) is 0 Å². The number of unbranched alkanes of at least 4 members (excludes halogenated alkanes) is 29. The van der Waals surface area contributed by atoms with Gasteiger partial charge in [0.05, 0.1) is 0 Å². The molecule has 6 heteroatoms. The average molecular weight is 1030 g/mol. The maximum atomic E-state index is 12.9. The van der Waals surface area contributed by atoms with Crippen molar-refractivity contribution in [3.05, 3.63) is 97.2 Å². The second-order valence-corrected chi connectivity index (χ2v) is 20.6. The molecule has 6 nitrogen and oxygen atoms in total. The molecule has 74 heavy (non-hydrogen) atoms. The van der Waals surface area contributed by atoms with E-state index >= 15 is 0 Å². The quantitative estimate of drug-likeness (QED) is 0.0261. The molecule has 0 amide bonds. The summed E-state index contributed by atoms with van der Waals surface area (Å²) in [4.78, 5) is 38.3. The molecule has 0 N–H and O–H groups in total. The zero-order valence-corrected chi connectivity index (χ0v) is 48.6. The van der Waals surface area contributed by atoms with E-state index in [-0.39, 0.29) is 37.5 Å². The van der Waals surface area contributed by atoms with Gasteiger partial charge in [0.1, 0.15) is 13.2 Å². The van der Waals surface area contributed by atoms with Crippen LogP contribution < -0.4 is 0 Å². The largest absolute Gasteiger partial charge is 0.462 e. The van der Waals surface area contributed by atoms with Gasteiger partial charge in [-0.25, -0.2) is 0 Å². The van der Waals surface area contributed by atoms with Gasteiger partial charge in [0, 0.05) is 19.3 Å². The van der Waals surface area contributed by atoms with Crippen LogP contribution in [0.25, 0.3) is 0 Å². The number of rotatable bonds is 56. The van der Waals surface area contributed by atoms with Gasteiger partial charge in [0.25, 0.3) is 0 Å². The summed E-state index contributed by atoms with van der Waals surface area (Å²) in [5, 5.41) is 0. The van der Waals surface area contributed by atoms with Crippen molar-refractivity contribution >= 4 is 17.9 Å². The Bertz CT molecular complexity index is 1460. The van der Waals surface area contributed by atoms with Gasteiger partial charge in [-0.15, -0.1) is 0 Å². The lowest BCUT2D eigenvalue weighted by molar-refractivity contribution is -0.167. The summed E-state index contributed by atoms with van der Waals surface area (Å²) in [6.45, 7) is 6.50. The smallest absolute Gasteiger partial charge is 0.306 e. The highest BCUT2D eigenvalue weighted by atomic mass is 16.6. The topological polar surface area (TPSA) is 78.9 Å². The fraction of sp³-hybridized carbons (Fsp3) is 0.721. The van der Waals surface area contributed by atoms with Gasteiger partial charge in [-0.05, 0) is 122 Å². The zero-order chi connectivity index (χ0) is 53.6. The van der Waals surface area contributed by atoms with Crippen molar-refractivity contribution in [2.75, 3.05) is 13.2 Å². The minimum atomic E-state index is -0.802. The number of hydrogen-bond acceptors (Lipinski definition) is 6. The summed E-state index contributed by atoms with van der Waals surface area (Å²) in [6, 6.07) is 0. The summed E-state index contributed by atoms with van der Waals surface area (Å²) in [6.07, 6.45) is 82.6. The van der Waals surface area contributed by atoms with Crippen molar-refractivity contribution in [1.29, 1.82) is 0 Å². The number of esters is 3. The molecule has 0 fully saturated rings. The third kappa shape index (κ3) is 59.2. The number of ether oxygens (including phenoxy) is 3. The van der Waals surface area contributed by atoms with Gasteiger partial charge in [-0.1, -0.05) is 253 Å². The Morgan fingerprint density at radius 1 is 0.284 bits per heavy atom. The molecule has 0 aliphatic carbocycles. The fourth-order valence-corrected chi connectivity index (χ4v) is 8.61. The van der Waals surface area contributed by atoms with Gasteiger partial charge in [0.15, 0.2) is 6.10 Å². The summed E-state index contributed by atoms with van der Waals surface area (Å²) < 4.78 is 16.9. The second-order valence-electron chi connectivity index (χ2n) is 20.6. The van der Waals surface area contributed by atoms with Gasteiger partial charge >= 0.3 is 17.9 Å². The Morgan fingerprint density at radius 2 is 0.527 bits per heavy atom. The molecular formula is C68H116O6. The van der Waals surface area contributed by atoms with Crippen molar-refractivity contribution in [2.45, 2.75) is 303 Å². The molecular weight excluding hydrogens is 913 g/mol. The van der Waals surface area contributed by atoms with E-state index in [1.807, 2.05) is 0 Å². The predicted octanol–water partition coefficient (Wildman–Crippen LogP) is 21.3. The van der Waals surface area contributed by atoms with Crippen LogP contribution in [0, 0.1) is 0 Å². The molecule has 0 bridgehead atoms. The lowest BCUT2D eigenvalue weighted by Crippen LogP contribution is -2.30. The first-order chi connectivity index (χ1) is 36.5. The van der Waals surface area contributed by atoms with Gasteiger partial charge in [-0.2, -0.15) is 0 Å². The molecule has 0 aliphatic heterocycles. The number of allylic oxidation sites excluding steroid dienone is 16. The molecule has 0 saturated carbocycles. The Kier molecular flexibility index (Phi) is 58.8. The second kappa shape index (κ2) is 61.9. The Morgan fingerprint density at radius 3 is 0.851 bits per heavy atom. The first kappa shape index (κ1) is 70.3. The summed E-state index contributed by atoms with van der Waals surface area (Å²) in [7, 11) is 0. The summed E-state index contributed by atoms with van der Waals surface area (Å²) in [5.74, 6) is -0.933. The van der Waals surface area contributed by atoms with Crippen LogP contribution in [0.5, 0.6) is 0 Å². The molecule has 1 atom stereocenters. The van der Waals surface area contributed by atoms with Crippen molar-refractivity contribution in [3.8, 4) is 0 Å². The molecule has 0 aromatic rings. The third-order valence-electron chi connectivity index (χ3n) is 13.3. The molecule has 424 valence electrons. The minimum Gasteiger partial charge on any atom is -0.462 e. The van der Waals surface area contributed by atoms with Crippen LogP contribution in [0.15, 0.2) is 97.2 Å². The average Bonchev–Trinajstić information content (AvgIpc) is 3.40. The van der Waals surface area contributed by atoms with E-state index in [0.29, 0.717) is 12.8 Å². The van der Waals surface area contributed by atoms with Gasteiger partial charge < -0.3 is 14.2 Å². The lowest BCUT2D eigenvalue weighted by atomic mass is 10.1. The lowest BCUT2D eigenvalue weighted by Gasteiger charge is -2.18. The van der Waals surface area contributed by atoms with Crippen LogP contribution in [0.4, 0.5) is 0 Å². The number of hydrogen-bond donors (Lipinski definition) is 0. The fourth-order valence-electron chi connectivity index (χ4n) is 8.61. The molecule has 0 spiro atoms. The maximum Gasteiger partial charge on any atom is 0.306 e. The van der Waals surface area contributed by atoms with Gasteiger partial charge in [0.2, 0.25) is 0 Å². The van der Waals surface area contributed by atoms with E-state index in [4.69, 9.17) is 14.2 Å². The van der Waals surface area contributed by atoms with E-state index < -0.39 is 6.10 Å². The highest BCUT2D eigenvalue weighted by Gasteiger charge is 2.19. The molecule has 0 radical (unpaired) electrons. The van der Waals surface area contributed by atoms with Crippen LogP contribution in [-0.4, -0.2) is 37.2 Å². The Hall–Kier alpha value is -3.67. The molecule has 0 heterocycles. The number of carbonyl (C=O) groups is 3. The van der Waals surface area contributed by atoms with Crippen molar-refractivity contribution < 1.29 is 28.6 Å². The predicted molar refractivity (Wildman–Crippen MR) is 320 cm³/mol. The SMILES string of the molecule is CC/C=C\C/C=C\C/C=C\C/C=C\C/C=C\CCCCCC(=O)OC(COC(=O)CCCCCCC/C=C\CCCCCCCCC)COC(=O)CCCCCCCCCCC/C=C\C/C=C\CCCCCCC. The van der Waals surface area contributed by atoms with Crippen LogP contribution in [-0.2, 0) is 28.6 Å². The van der Waals surface area contributed by atoms with Crippen molar-refractivity contribution in [3.63, 3.8) is 0 Å². The Labute approximate surface area is 457 Å². The molecule has 0 aromatic carbocycles. The van der Waals surface area contributed by atoms with Crippen LogP contribution in [0.2, 0.25) is 0 Å². The zero-order valence-electron chi connectivity index (χ0n) is 48.6. The monoisotopic (exact) mass is 1030 g/mol. The minimum absolute atomic E-state index is 0.0957. The normalized spacial score (nSPS) is 12.7. The van der Waals surface area contributed by atoms with E-state index in [9.17, 15) is 14.4 Å². The maximum absolute atomic E-state index is 12.9. The summed E-state index contributed by atoms with van der Waals surface area (Å²) in [5.41, 5.74) is 0. The highest BCUT2D eigenvalue weighted by molar-refractivity contribution is 5.71. The van der Waals surface area contributed by atoms with Crippen LogP contribution in [0.1, 0.15) is 297 Å². The van der Waals surface area contributed by atoms with E-state index in [0.717, 1.165) is 109 Å². The number of carbonyl (C=O) groups excluding carboxylic acids is 3. The molecule has 0 aromatic heterocycles.